The normalized spacial score (nSPS) is 42.3. The van der Waals surface area contributed by atoms with Crippen LogP contribution in [0.25, 0.3) is 0 Å². The topological polar surface area (TPSA) is 29.3 Å². The minimum Gasteiger partial charge on any atom is -0.329 e. The fourth-order valence-corrected chi connectivity index (χ4v) is 5.51. The summed E-state index contributed by atoms with van der Waals surface area (Å²) in [5.41, 5.74) is 6.15. The van der Waals surface area contributed by atoms with Crippen molar-refractivity contribution in [3.8, 4) is 0 Å². The molecule has 2 heteroatoms. The van der Waals surface area contributed by atoms with Crippen LogP contribution in [-0.4, -0.2) is 31.1 Å². The van der Waals surface area contributed by atoms with Crippen LogP contribution in [0.15, 0.2) is 0 Å². The van der Waals surface area contributed by atoms with Gasteiger partial charge in [-0.05, 0) is 68.7 Å². The fraction of sp³-hybridized carbons (Fsp3) is 1.00. The molecule has 2 nitrogen and oxygen atoms in total. The van der Waals surface area contributed by atoms with Gasteiger partial charge in [0.05, 0.1) is 0 Å². The molecule has 4 atom stereocenters. The van der Waals surface area contributed by atoms with Crippen LogP contribution in [0.1, 0.15) is 58.3 Å². The zero-order chi connectivity index (χ0) is 14.1. The Morgan fingerprint density at radius 2 is 1.80 bits per heavy atom. The summed E-state index contributed by atoms with van der Waals surface area (Å²) in [7, 11) is 2.35. The van der Waals surface area contributed by atoms with Crippen molar-refractivity contribution in [2.75, 3.05) is 20.1 Å². The maximum absolute atomic E-state index is 6.15. The van der Waals surface area contributed by atoms with Crippen LogP contribution in [0.2, 0.25) is 0 Å². The predicted octanol–water partition coefficient (Wildman–Crippen LogP) is 3.51. The molecule has 0 aromatic rings. The molecule has 0 radical (unpaired) electrons. The maximum atomic E-state index is 6.15. The second-order valence-corrected chi connectivity index (χ2v) is 8.20. The van der Waals surface area contributed by atoms with Crippen molar-refractivity contribution in [2.24, 2.45) is 35.3 Å². The molecule has 0 aromatic carbocycles. The van der Waals surface area contributed by atoms with E-state index in [9.17, 15) is 0 Å². The molecule has 2 bridgehead atoms. The zero-order valence-corrected chi connectivity index (χ0v) is 13.6. The fourth-order valence-electron chi connectivity index (χ4n) is 5.51. The molecule has 0 heterocycles. The molecule has 0 saturated heterocycles. The van der Waals surface area contributed by atoms with Crippen LogP contribution in [0.5, 0.6) is 0 Å². The number of fused-ring (bicyclic) bond motifs is 2. The van der Waals surface area contributed by atoms with Gasteiger partial charge in [-0.2, -0.15) is 0 Å². The van der Waals surface area contributed by atoms with E-state index in [-0.39, 0.29) is 0 Å². The number of nitrogens with two attached hydrogens (primary N) is 1. The molecule has 2 N–H and O–H groups in total. The van der Waals surface area contributed by atoms with E-state index in [0.717, 1.165) is 36.1 Å². The molecule has 4 unspecified atom stereocenters. The first kappa shape index (κ1) is 14.8. The van der Waals surface area contributed by atoms with Gasteiger partial charge in [0.1, 0.15) is 0 Å². The lowest BCUT2D eigenvalue weighted by atomic mass is 9.78. The van der Waals surface area contributed by atoms with Crippen molar-refractivity contribution in [1.29, 1.82) is 0 Å². The number of nitrogens with zero attached hydrogens (tertiary/aromatic N) is 1. The summed E-state index contributed by atoms with van der Waals surface area (Å²) in [6, 6.07) is 0.640. The highest BCUT2D eigenvalue weighted by molar-refractivity contribution is 4.92. The van der Waals surface area contributed by atoms with Crippen LogP contribution in [0.4, 0.5) is 0 Å². The standard InChI is InChI=1S/C18H34N2/c1-13-3-6-15(7-4-13)18(11-19)20(2)12-17-10-14-5-8-16(17)9-14/h13-18H,3-12,19H2,1-2H3. The number of hydrogen-bond donors (Lipinski definition) is 1. The summed E-state index contributed by atoms with van der Waals surface area (Å²) in [6.45, 7) is 4.58. The van der Waals surface area contributed by atoms with Gasteiger partial charge < -0.3 is 10.6 Å². The van der Waals surface area contributed by atoms with Crippen LogP contribution < -0.4 is 5.73 Å². The molecule has 116 valence electrons. The molecule has 0 aliphatic heterocycles. The average Bonchev–Trinajstić information content (AvgIpc) is 3.04. The van der Waals surface area contributed by atoms with E-state index in [1.165, 1.54) is 57.9 Å². The first-order valence-corrected chi connectivity index (χ1v) is 9.07. The quantitative estimate of drug-likeness (QED) is 0.834. The monoisotopic (exact) mass is 278 g/mol. The molecule has 3 aliphatic rings. The van der Waals surface area contributed by atoms with E-state index in [1.54, 1.807) is 0 Å². The first-order valence-electron chi connectivity index (χ1n) is 9.07. The van der Waals surface area contributed by atoms with Crippen molar-refractivity contribution in [1.82, 2.24) is 4.90 Å². The second kappa shape index (κ2) is 6.36. The lowest BCUT2D eigenvalue weighted by Gasteiger charge is -2.39. The Hall–Kier alpha value is -0.0800. The average molecular weight is 278 g/mol. The van der Waals surface area contributed by atoms with E-state index in [0.29, 0.717) is 6.04 Å². The molecule has 3 rings (SSSR count). The Morgan fingerprint density at radius 1 is 1.05 bits per heavy atom. The highest BCUT2D eigenvalue weighted by atomic mass is 15.1. The van der Waals surface area contributed by atoms with Gasteiger partial charge in [0.25, 0.3) is 0 Å². The SMILES string of the molecule is CC1CCC(C(CN)N(C)CC2CC3CCC2C3)CC1. The minimum absolute atomic E-state index is 0.640. The van der Waals surface area contributed by atoms with E-state index in [4.69, 9.17) is 5.73 Å². The molecular weight excluding hydrogens is 244 g/mol. The molecule has 3 fully saturated rings. The molecule has 20 heavy (non-hydrogen) atoms. The maximum Gasteiger partial charge on any atom is 0.0243 e. The van der Waals surface area contributed by atoms with Gasteiger partial charge in [-0.15, -0.1) is 0 Å². The summed E-state index contributed by atoms with van der Waals surface area (Å²) in [6.07, 6.45) is 11.7. The second-order valence-electron chi connectivity index (χ2n) is 8.20. The molecular formula is C18H34N2. The largest absolute Gasteiger partial charge is 0.329 e. The Morgan fingerprint density at radius 3 is 2.35 bits per heavy atom. The van der Waals surface area contributed by atoms with Gasteiger partial charge in [0, 0.05) is 19.1 Å². The third kappa shape index (κ3) is 3.06. The van der Waals surface area contributed by atoms with E-state index < -0.39 is 0 Å². The van der Waals surface area contributed by atoms with Crippen LogP contribution >= 0.6 is 0 Å². The highest BCUT2D eigenvalue weighted by Crippen LogP contribution is 2.48. The molecule has 3 saturated carbocycles. The van der Waals surface area contributed by atoms with Crippen molar-refractivity contribution < 1.29 is 0 Å². The molecule has 0 spiro atoms. The Bertz CT molecular complexity index is 309. The summed E-state index contributed by atoms with van der Waals surface area (Å²) in [4.78, 5) is 2.64. The van der Waals surface area contributed by atoms with Gasteiger partial charge in [0.2, 0.25) is 0 Å². The lowest BCUT2D eigenvalue weighted by molar-refractivity contribution is 0.107. The van der Waals surface area contributed by atoms with E-state index in [1.807, 2.05) is 0 Å². The summed E-state index contributed by atoms with van der Waals surface area (Å²) >= 11 is 0. The van der Waals surface area contributed by atoms with Crippen molar-refractivity contribution in [3.63, 3.8) is 0 Å². The molecule has 0 amide bonds. The van der Waals surface area contributed by atoms with Crippen molar-refractivity contribution in [3.05, 3.63) is 0 Å². The highest BCUT2D eigenvalue weighted by Gasteiger charge is 2.40. The summed E-state index contributed by atoms with van der Waals surface area (Å²) < 4.78 is 0. The van der Waals surface area contributed by atoms with Gasteiger partial charge in [0.15, 0.2) is 0 Å². The lowest BCUT2D eigenvalue weighted by Crippen LogP contribution is -2.46. The minimum atomic E-state index is 0.640. The first-order chi connectivity index (χ1) is 9.67. The molecule has 3 aliphatic carbocycles. The summed E-state index contributed by atoms with van der Waals surface area (Å²) in [5.74, 6) is 4.91. The van der Waals surface area contributed by atoms with Crippen LogP contribution in [0, 0.1) is 29.6 Å². The van der Waals surface area contributed by atoms with Crippen LogP contribution in [-0.2, 0) is 0 Å². The van der Waals surface area contributed by atoms with Gasteiger partial charge in [-0.1, -0.05) is 26.2 Å². The zero-order valence-electron chi connectivity index (χ0n) is 13.6. The third-order valence-electron chi connectivity index (χ3n) is 6.82. The van der Waals surface area contributed by atoms with E-state index >= 15 is 0 Å². The van der Waals surface area contributed by atoms with E-state index in [2.05, 4.69) is 18.9 Å². The molecule has 0 aromatic heterocycles. The Labute approximate surface area is 125 Å². The van der Waals surface area contributed by atoms with Gasteiger partial charge >= 0.3 is 0 Å². The predicted molar refractivity (Wildman–Crippen MR) is 85.5 cm³/mol. The summed E-state index contributed by atoms with van der Waals surface area (Å²) in [5, 5.41) is 0. The Balaban J connectivity index is 1.52. The number of rotatable bonds is 5. The van der Waals surface area contributed by atoms with Gasteiger partial charge in [-0.3, -0.25) is 0 Å². The van der Waals surface area contributed by atoms with Crippen molar-refractivity contribution >= 4 is 0 Å². The van der Waals surface area contributed by atoms with Crippen molar-refractivity contribution in [2.45, 2.75) is 64.3 Å². The number of hydrogen-bond acceptors (Lipinski definition) is 2. The third-order valence-corrected chi connectivity index (χ3v) is 6.82. The smallest absolute Gasteiger partial charge is 0.0243 e. The Kier molecular flexibility index (Phi) is 4.72. The van der Waals surface area contributed by atoms with Gasteiger partial charge in [-0.25, -0.2) is 0 Å². The number of likely N-dealkylation sites (N-methyl/N-ethyl adjacent to an activating group) is 1. The van der Waals surface area contributed by atoms with Crippen LogP contribution in [0.3, 0.4) is 0 Å².